The Morgan fingerprint density at radius 2 is 1.67 bits per heavy atom. The summed E-state index contributed by atoms with van der Waals surface area (Å²) < 4.78 is 14.5. The van der Waals surface area contributed by atoms with Gasteiger partial charge >= 0.3 is 0 Å². The van der Waals surface area contributed by atoms with Gasteiger partial charge in [-0.3, -0.25) is 0 Å². The predicted molar refractivity (Wildman–Crippen MR) is 90.3 cm³/mol. The number of hydrogen-bond acceptors (Lipinski definition) is 1. The zero-order valence-corrected chi connectivity index (χ0v) is 14.5. The van der Waals surface area contributed by atoms with E-state index in [9.17, 15) is 4.39 Å². The van der Waals surface area contributed by atoms with Crippen molar-refractivity contribution in [2.45, 2.75) is 33.7 Å². The van der Waals surface area contributed by atoms with Crippen LogP contribution in [0.4, 0.5) is 4.39 Å². The van der Waals surface area contributed by atoms with Gasteiger partial charge in [-0.1, -0.05) is 40.5 Å². The molecule has 0 aliphatic carbocycles. The van der Waals surface area contributed by atoms with Gasteiger partial charge in [-0.2, -0.15) is 0 Å². The maximum atomic E-state index is 13.8. The lowest BCUT2D eigenvalue weighted by molar-refractivity contribution is 0.599. The molecular weight excluding hydrogens is 329 g/mol. The molecule has 1 unspecified atom stereocenters. The minimum Gasteiger partial charge on any atom is -0.307 e. The third-order valence-electron chi connectivity index (χ3n) is 3.65. The molecule has 1 atom stereocenters. The van der Waals surface area contributed by atoms with Crippen LogP contribution in [-0.4, -0.2) is 6.54 Å². The molecule has 2 aromatic carbocycles. The molecule has 0 saturated heterocycles. The van der Waals surface area contributed by atoms with Crippen LogP contribution in [0.3, 0.4) is 0 Å². The SMILES string of the molecule is CCNC(c1cc(F)cc(Br)c1)c1c(C)cc(C)cc1C. The quantitative estimate of drug-likeness (QED) is 0.798. The summed E-state index contributed by atoms with van der Waals surface area (Å²) in [5.41, 5.74) is 5.90. The van der Waals surface area contributed by atoms with Crippen LogP contribution in [0.5, 0.6) is 0 Å². The molecular formula is C18H21BrFN. The van der Waals surface area contributed by atoms with Gasteiger partial charge in [0, 0.05) is 4.47 Å². The van der Waals surface area contributed by atoms with Gasteiger partial charge in [-0.05, 0) is 67.8 Å². The highest BCUT2D eigenvalue weighted by atomic mass is 79.9. The highest BCUT2D eigenvalue weighted by Gasteiger charge is 2.19. The minimum atomic E-state index is -0.218. The molecule has 0 saturated carbocycles. The van der Waals surface area contributed by atoms with Crippen LogP contribution in [0.2, 0.25) is 0 Å². The number of rotatable bonds is 4. The Labute approximate surface area is 134 Å². The summed E-state index contributed by atoms with van der Waals surface area (Å²) >= 11 is 3.39. The maximum Gasteiger partial charge on any atom is 0.124 e. The van der Waals surface area contributed by atoms with E-state index in [4.69, 9.17) is 0 Å². The standard InChI is InChI=1S/C18H21BrFN/c1-5-21-18(14-8-15(19)10-16(20)9-14)17-12(3)6-11(2)7-13(17)4/h6-10,18,21H,5H2,1-4H3. The maximum absolute atomic E-state index is 13.8. The van der Waals surface area contributed by atoms with Gasteiger partial charge in [0.25, 0.3) is 0 Å². The van der Waals surface area contributed by atoms with Crippen molar-refractivity contribution in [3.8, 4) is 0 Å². The smallest absolute Gasteiger partial charge is 0.124 e. The third kappa shape index (κ3) is 3.72. The van der Waals surface area contributed by atoms with E-state index < -0.39 is 0 Å². The molecule has 0 heterocycles. The van der Waals surface area contributed by atoms with Crippen molar-refractivity contribution in [1.82, 2.24) is 5.32 Å². The van der Waals surface area contributed by atoms with Crippen molar-refractivity contribution in [3.63, 3.8) is 0 Å². The molecule has 0 fully saturated rings. The average molecular weight is 350 g/mol. The van der Waals surface area contributed by atoms with Crippen LogP contribution in [0.25, 0.3) is 0 Å². The van der Waals surface area contributed by atoms with Crippen LogP contribution in [0.1, 0.15) is 40.8 Å². The van der Waals surface area contributed by atoms with E-state index >= 15 is 0 Å². The first-order valence-electron chi connectivity index (χ1n) is 7.19. The monoisotopic (exact) mass is 349 g/mol. The summed E-state index contributed by atoms with van der Waals surface area (Å²) in [5.74, 6) is -0.218. The molecule has 0 aliphatic heterocycles. The van der Waals surface area contributed by atoms with Gasteiger partial charge in [0.15, 0.2) is 0 Å². The van der Waals surface area contributed by atoms with Crippen molar-refractivity contribution in [3.05, 3.63) is 68.4 Å². The molecule has 0 radical (unpaired) electrons. The zero-order chi connectivity index (χ0) is 15.6. The van der Waals surface area contributed by atoms with Crippen LogP contribution in [0, 0.1) is 26.6 Å². The van der Waals surface area contributed by atoms with E-state index in [2.05, 4.69) is 61.1 Å². The molecule has 3 heteroatoms. The summed E-state index contributed by atoms with van der Waals surface area (Å²) in [7, 11) is 0. The van der Waals surface area contributed by atoms with Crippen molar-refractivity contribution in [1.29, 1.82) is 0 Å². The Kier molecular flexibility index (Phi) is 5.17. The van der Waals surface area contributed by atoms with E-state index in [0.29, 0.717) is 0 Å². The number of halogens is 2. The average Bonchev–Trinajstić information content (AvgIpc) is 2.35. The molecule has 1 nitrogen and oxygen atoms in total. The fraction of sp³-hybridized carbons (Fsp3) is 0.333. The van der Waals surface area contributed by atoms with Crippen LogP contribution in [0.15, 0.2) is 34.8 Å². The fourth-order valence-corrected chi connectivity index (χ4v) is 3.46. The molecule has 0 aliphatic rings. The van der Waals surface area contributed by atoms with Crippen LogP contribution in [-0.2, 0) is 0 Å². The van der Waals surface area contributed by atoms with Crippen molar-refractivity contribution in [2.75, 3.05) is 6.54 Å². The highest BCUT2D eigenvalue weighted by Crippen LogP contribution is 2.30. The first-order chi connectivity index (χ1) is 9.92. The number of aryl methyl sites for hydroxylation is 3. The Hall–Kier alpha value is -1.19. The van der Waals surface area contributed by atoms with E-state index in [0.717, 1.165) is 16.6 Å². The number of nitrogens with one attached hydrogen (secondary N) is 1. The Balaban J connectivity index is 2.58. The van der Waals surface area contributed by atoms with E-state index in [-0.39, 0.29) is 11.9 Å². The normalized spacial score (nSPS) is 12.5. The van der Waals surface area contributed by atoms with Gasteiger partial charge in [0.1, 0.15) is 5.82 Å². The fourth-order valence-electron chi connectivity index (χ4n) is 2.98. The molecule has 21 heavy (non-hydrogen) atoms. The van der Waals surface area contributed by atoms with Crippen molar-refractivity contribution in [2.24, 2.45) is 0 Å². The molecule has 1 N–H and O–H groups in total. The lowest BCUT2D eigenvalue weighted by atomic mass is 9.90. The lowest BCUT2D eigenvalue weighted by Gasteiger charge is -2.24. The number of hydrogen-bond donors (Lipinski definition) is 1. The first kappa shape index (κ1) is 16.2. The summed E-state index contributed by atoms with van der Waals surface area (Å²) in [6.07, 6.45) is 0. The lowest BCUT2D eigenvalue weighted by Crippen LogP contribution is -2.24. The van der Waals surface area contributed by atoms with Crippen LogP contribution < -0.4 is 5.32 Å². The predicted octanol–water partition coefficient (Wildman–Crippen LogP) is 5.21. The molecule has 0 aromatic heterocycles. The van der Waals surface area contributed by atoms with Gasteiger partial charge < -0.3 is 5.32 Å². The minimum absolute atomic E-state index is 0.00241. The van der Waals surface area contributed by atoms with E-state index in [1.54, 1.807) is 6.07 Å². The van der Waals surface area contributed by atoms with E-state index in [1.165, 1.54) is 28.3 Å². The van der Waals surface area contributed by atoms with Crippen molar-refractivity contribution < 1.29 is 4.39 Å². The molecule has 0 amide bonds. The summed E-state index contributed by atoms with van der Waals surface area (Å²) in [6, 6.07) is 9.44. The van der Waals surface area contributed by atoms with Gasteiger partial charge in [0.05, 0.1) is 6.04 Å². The summed E-state index contributed by atoms with van der Waals surface area (Å²) in [4.78, 5) is 0. The second-order valence-electron chi connectivity index (χ2n) is 5.51. The van der Waals surface area contributed by atoms with Gasteiger partial charge in [0.2, 0.25) is 0 Å². The molecule has 0 bridgehead atoms. The second-order valence-corrected chi connectivity index (χ2v) is 6.42. The largest absolute Gasteiger partial charge is 0.307 e. The topological polar surface area (TPSA) is 12.0 Å². The zero-order valence-electron chi connectivity index (χ0n) is 12.9. The molecule has 2 aromatic rings. The molecule has 2 rings (SSSR count). The molecule has 0 spiro atoms. The van der Waals surface area contributed by atoms with Gasteiger partial charge in [-0.15, -0.1) is 0 Å². The van der Waals surface area contributed by atoms with E-state index in [1.807, 2.05) is 6.07 Å². The number of benzene rings is 2. The first-order valence-corrected chi connectivity index (χ1v) is 7.98. The van der Waals surface area contributed by atoms with Gasteiger partial charge in [-0.25, -0.2) is 4.39 Å². The summed E-state index contributed by atoms with van der Waals surface area (Å²) in [6.45, 7) is 9.23. The van der Waals surface area contributed by atoms with Crippen LogP contribution >= 0.6 is 15.9 Å². The Morgan fingerprint density at radius 3 is 2.19 bits per heavy atom. The highest BCUT2D eigenvalue weighted by molar-refractivity contribution is 9.10. The van der Waals surface area contributed by atoms with Crippen molar-refractivity contribution >= 4 is 15.9 Å². The molecule has 112 valence electrons. The Morgan fingerprint density at radius 1 is 1.05 bits per heavy atom. The Bertz CT molecular complexity index is 608. The third-order valence-corrected chi connectivity index (χ3v) is 4.11. The second kappa shape index (κ2) is 6.71. The summed E-state index contributed by atoms with van der Waals surface area (Å²) in [5, 5.41) is 3.48.